The first-order chi connectivity index (χ1) is 15.1. The van der Waals surface area contributed by atoms with E-state index in [0.29, 0.717) is 32.4 Å². The number of halogens is 3. The molecule has 0 aliphatic rings. The summed E-state index contributed by atoms with van der Waals surface area (Å²) in [6.07, 6.45) is -0.971. The molecule has 0 bridgehead atoms. The summed E-state index contributed by atoms with van der Waals surface area (Å²) in [5.41, 5.74) is 1.10. The molecule has 0 amide bonds. The molecule has 0 radical (unpaired) electrons. The molecule has 0 N–H and O–H groups in total. The van der Waals surface area contributed by atoms with Crippen LogP contribution in [0.5, 0.6) is 0 Å². The number of hydrogen-bond donors (Lipinski definition) is 0. The van der Waals surface area contributed by atoms with Gasteiger partial charge in [-0.2, -0.15) is 17.9 Å². The van der Waals surface area contributed by atoms with Crippen LogP contribution in [0.2, 0.25) is 0 Å². The van der Waals surface area contributed by atoms with Crippen LogP contribution in [0.4, 0.5) is 13.2 Å². The monoisotopic (exact) mass is 458 g/mol. The number of rotatable bonds is 4. The molecule has 4 aromatic rings. The highest BCUT2D eigenvalue weighted by Crippen LogP contribution is 2.37. The Morgan fingerprint density at radius 2 is 1.69 bits per heavy atom. The lowest BCUT2D eigenvalue weighted by Gasteiger charge is -2.13. The van der Waals surface area contributed by atoms with Crippen molar-refractivity contribution in [2.24, 2.45) is 0 Å². The lowest BCUT2D eigenvalue weighted by Crippen LogP contribution is -2.26. The molecular formula is C23H17F3N2O3S. The van der Waals surface area contributed by atoms with E-state index in [2.05, 4.69) is 4.98 Å². The lowest BCUT2D eigenvalue weighted by atomic mass is 9.96. The highest BCUT2D eigenvalue weighted by molar-refractivity contribution is 7.91. The van der Waals surface area contributed by atoms with Crippen molar-refractivity contribution in [3.63, 3.8) is 0 Å². The van der Waals surface area contributed by atoms with Gasteiger partial charge < -0.3 is 5.21 Å². The molecule has 0 spiro atoms. The normalized spacial score (nSPS) is 12.2. The van der Waals surface area contributed by atoms with E-state index in [1.54, 1.807) is 36.4 Å². The zero-order valence-electron chi connectivity index (χ0n) is 16.8. The summed E-state index contributed by atoms with van der Waals surface area (Å²) in [5.74, 6) is -0.152. The highest BCUT2D eigenvalue weighted by Gasteiger charge is 2.33. The maximum atomic E-state index is 13.4. The fourth-order valence-corrected chi connectivity index (χ4v) is 4.45. The molecule has 4 rings (SSSR count). The van der Waals surface area contributed by atoms with Gasteiger partial charge in [0.25, 0.3) is 0 Å². The second-order valence-electron chi connectivity index (χ2n) is 7.16. The van der Waals surface area contributed by atoms with Gasteiger partial charge in [-0.05, 0) is 41.0 Å². The second kappa shape index (κ2) is 7.90. The molecule has 2 aromatic heterocycles. The van der Waals surface area contributed by atoms with Gasteiger partial charge in [0.1, 0.15) is 4.90 Å². The predicted molar refractivity (Wildman–Crippen MR) is 114 cm³/mol. The van der Waals surface area contributed by atoms with Crippen molar-refractivity contribution in [2.75, 3.05) is 5.75 Å². The second-order valence-corrected chi connectivity index (χ2v) is 9.44. The fraction of sp³-hybridized carbons (Fsp3) is 0.130. The van der Waals surface area contributed by atoms with E-state index >= 15 is 0 Å². The van der Waals surface area contributed by atoms with Gasteiger partial charge in [0.15, 0.2) is 22.2 Å². The molecule has 0 aliphatic heterocycles. The minimum Gasteiger partial charge on any atom is -0.619 e. The topological polar surface area (TPSA) is 74.0 Å². The Morgan fingerprint density at radius 3 is 2.41 bits per heavy atom. The van der Waals surface area contributed by atoms with Gasteiger partial charge in [-0.3, -0.25) is 4.98 Å². The SMILES string of the molecule is CCS(=O)(=O)c1cc(-c2cccc(-c3ccnc4c(C(F)(F)F)cccc34)c2)c[n+]([O-])c1. The van der Waals surface area contributed by atoms with Crippen molar-refractivity contribution in [1.29, 1.82) is 0 Å². The van der Waals surface area contributed by atoms with Gasteiger partial charge in [0, 0.05) is 17.1 Å². The smallest absolute Gasteiger partial charge is 0.418 e. The molecule has 0 atom stereocenters. The van der Waals surface area contributed by atoms with Crippen molar-refractivity contribution >= 4 is 20.7 Å². The molecule has 5 nitrogen and oxygen atoms in total. The summed E-state index contributed by atoms with van der Waals surface area (Å²) in [4.78, 5) is 3.85. The predicted octanol–water partition coefficient (Wildman–Crippen LogP) is 5.01. The van der Waals surface area contributed by atoms with Crippen LogP contribution in [0, 0.1) is 5.21 Å². The van der Waals surface area contributed by atoms with Crippen LogP contribution in [0.25, 0.3) is 33.2 Å². The van der Waals surface area contributed by atoms with Crippen LogP contribution in [-0.4, -0.2) is 19.2 Å². The van der Waals surface area contributed by atoms with Crippen molar-refractivity contribution in [3.05, 3.63) is 84.0 Å². The molecule has 164 valence electrons. The minimum atomic E-state index is -4.54. The van der Waals surface area contributed by atoms with E-state index in [4.69, 9.17) is 0 Å². The Labute approximate surface area is 182 Å². The van der Waals surface area contributed by atoms with Crippen LogP contribution >= 0.6 is 0 Å². The average molecular weight is 458 g/mol. The molecule has 32 heavy (non-hydrogen) atoms. The van der Waals surface area contributed by atoms with E-state index < -0.39 is 21.6 Å². The van der Waals surface area contributed by atoms with Gasteiger partial charge in [-0.15, -0.1) is 0 Å². The Morgan fingerprint density at radius 1 is 0.969 bits per heavy atom. The summed E-state index contributed by atoms with van der Waals surface area (Å²) in [7, 11) is -3.60. The zero-order valence-corrected chi connectivity index (χ0v) is 17.6. The number of fused-ring (bicyclic) bond motifs is 1. The maximum Gasteiger partial charge on any atom is 0.418 e. The standard InChI is InChI=1S/C23H17F3N2O3S/c1-2-32(30,31)18-12-17(13-28(29)14-18)15-5-3-6-16(11-15)19-9-10-27-22-20(19)7-4-8-21(22)23(24,25)26/h3-14H,2H2,1H3. The summed E-state index contributed by atoms with van der Waals surface area (Å²) >= 11 is 0. The Bertz CT molecular complexity index is 1430. The summed E-state index contributed by atoms with van der Waals surface area (Å²) < 4.78 is 65.2. The molecule has 9 heteroatoms. The molecule has 0 saturated heterocycles. The first-order valence-electron chi connectivity index (χ1n) is 9.62. The van der Waals surface area contributed by atoms with Crippen molar-refractivity contribution in [3.8, 4) is 22.3 Å². The highest BCUT2D eigenvalue weighted by atomic mass is 32.2. The van der Waals surface area contributed by atoms with Crippen molar-refractivity contribution < 1.29 is 26.3 Å². The first-order valence-corrected chi connectivity index (χ1v) is 11.3. The molecular weight excluding hydrogens is 441 g/mol. The average Bonchev–Trinajstić information content (AvgIpc) is 2.77. The van der Waals surface area contributed by atoms with Crippen LogP contribution in [0.3, 0.4) is 0 Å². The number of benzene rings is 2. The lowest BCUT2D eigenvalue weighted by molar-refractivity contribution is -0.607. The third-order valence-corrected chi connectivity index (χ3v) is 6.84. The van der Waals surface area contributed by atoms with E-state index in [0.717, 1.165) is 12.3 Å². The number of sulfone groups is 1. The molecule has 0 unspecified atom stereocenters. The third kappa shape index (κ3) is 4.03. The van der Waals surface area contributed by atoms with Gasteiger partial charge in [0.05, 0.1) is 16.8 Å². The maximum absolute atomic E-state index is 13.4. The zero-order chi connectivity index (χ0) is 23.1. The Hall–Kier alpha value is -3.46. The molecule has 0 fully saturated rings. The number of para-hydroxylation sites is 1. The number of hydrogen-bond acceptors (Lipinski definition) is 4. The largest absolute Gasteiger partial charge is 0.619 e. The minimum absolute atomic E-state index is 0.0953. The van der Waals surface area contributed by atoms with E-state index in [-0.39, 0.29) is 16.2 Å². The third-order valence-electron chi connectivity index (χ3n) is 5.14. The van der Waals surface area contributed by atoms with Crippen LogP contribution in [0.15, 0.2) is 78.1 Å². The number of aromatic nitrogens is 2. The van der Waals surface area contributed by atoms with E-state index in [9.17, 15) is 26.8 Å². The molecule has 2 aromatic carbocycles. The number of alkyl halides is 3. The van der Waals surface area contributed by atoms with Crippen LogP contribution in [0.1, 0.15) is 12.5 Å². The molecule has 2 heterocycles. The van der Waals surface area contributed by atoms with Gasteiger partial charge in [-0.1, -0.05) is 37.3 Å². The quantitative estimate of drug-likeness (QED) is 0.318. The molecule has 0 saturated carbocycles. The summed E-state index contributed by atoms with van der Waals surface area (Å²) in [5, 5.41) is 12.4. The van der Waals surface area contributed by atoms with Crippen molar-refractivity contribution in [2.45, 2.75) is 18.0 Å². The summed E-state index contributed by atoms with van der Waals surface area (Å²) in [6.45, 7) is 1.49. The fourth-order valence-electron chi connectivity index (χ4n) is 3.54. The van der Waals surface area contributed by atoms with Gasteiger partial charge in [-0.25, -0.2) is 8.42 Å². The Kier molecular flexibility index (Phi) is 5.37. The van der Waals surface area contributed by atoms with Gasteiger partial charge >= 0.3 is 6.18 Å². The van der Waals surface area contributed by atoms with Crippen LogP contribution < -0.4 is 4.73 Å². The van der Waals surface area contributed by atoms with Gasteiger partial charge in [0.2, 0.25) is 0 Å². The number of pyridine rings is 2. The van der Waals surface area contributed by atoms with Crippen LogP contribution in [-0.2, 0) is 16.0 Å². The first kappa shape index (κ1) is 21.8. The van der Waals surface area contributed by atoms with Crippen molar-refractivity contribution in [1.82, 2.24) is 4.98 Å². The number of nitrogens with zero attached hydrogens (tertiary/aromatic N) is 2. The Balaban J connectivity index is 1.88. The summed E-state index contributed by atoms with van der Waals surface area (Å²) in [6, 6.07) is 13.8. The van der Waals surface area contributed by atoms with E-state index in [1.807, 2.05) is 0 Å². The van der Waals surface area contributed by atoms with E-state index in [1.165, 1.54) is 31.5 Å². The molecule has 0 aliphatic carbocycles.